The van der Waals surface area contributed by atoms with Crippen molar-refractivity contribution in [1.82, 2.24) is 4.98 Å². The summed E-state index contributed by atoms with van der Waals surface area (Å²) in [5.41, 5.74) is 7.93. The van der Waals surface area contributed by atoms with Gasteiger partial charge in [0, 0.05) is 22.9 Å². The zero-order valence-corrected chi connectivity index (χ0v) is 12.9. The van der Waals surface area contributed by atoms with Crippen LogP contribution in [0.3, 0.4) is 0 Å². The molecule has 0 aliphatic heterocycles. The number of aryl methyl sites for hydroxylation is 3. The Kier molecular flexibility index (Phi) is 2.69. The molecular weight excluding hydrogens is 282 g/mol. The molecule has 2 aromatic carbocycles. The van der Waals surface area contributed by atoms with Gasteiger partial charge in [0.1, 0.15) is 0 Å². The number of hydrogen-bond donors (Lipinski definition) is 0. The Morgan fingerprint density at radius 1 is 0.826 bits per heavy atom. The van der Waals surface area contributed by atoms with Gasteiger partial charge in [-0.1, -0.05) is 36.4 Å². The number of benzene rings is 2. The first kappa shape index (κ1) is 13.0. The van der Waals surface area contributed by atoms with Gasteiger partial charge in [0.05, 0.1) is 11.2 Å². The highest BCUT2D eigenvalue weighted by atomic mass is 16.1. The van der Waals surface area contributed by atoms with Crippen LogP contribution in [-0.2, 0) is 19.3 Å². The molecule has 2 aliphatic carbocycles. The Bertz CT molecular complexity index is 971. The van der Waals surface area contributed by atoms with E-state index in [2.05, 4.69) is 42.5 Å². The van der Waals surface area contributed by atoms with E-state index in [0.717, 1.165) is 47.8 Å². The first-order valence-electron chi connectivity index (χ1n) is 8.38. The van der Waals surface area contributed by atoms with E-state index in [0.29, 0.717) is 6.42 Å². The Morgan fingerprint density at radius 2 is 1.70 bits per heavy atom. The molecule has 1 aromatic heterocycles. The quantitative estimate of drug-likeness (QED) is 0.611. The average Bonchev–Trinajstić information content (AvgIpc) is 2.60. The van der Waals surface area contributed by atoms with Gasteiger partial charge in [-0.3, -0.25) is 4.79 Å². The van der Waals surface area contributed by atoms with Crippen molar-refractivity contribution in [2.24, 2.45) is 0 Å². The predicted molar refractivity (Wildman–Crippen MR) is 91.9 cm³/mol. The van der Waals surface area contributed by atoms with Gasteiger partial charge >= 0.3 is 0 Å². The number of nitrogens with zero attached hydrogens (tertiary/aromatic N) is 1. The number of carbonyl (C=O) groups is 1. The van der Waals surface area contributed by atoms with Crippen LogP contribution in [-0.4, -0.2) is 10.8 Å². The molecule has 0 radical (unpaired) electrons. The van der Waals surface area contributed by atoms with Gasteiger partial charge < -0.3 is 0 Å². The zero-order valence-electron chi connectivity index (χ0n) is 12.9. The molecular formula is C21H17NO. The van der Waals surface area contributed by atoms with Gasteiger partial charge in [0.2, 0.25) is 0 Å². The van der Waals surface area contributed by atoms with Crippen LogP contribution in [0.1, 0.15) is 39.9 Å². The predicted octanol–water partition coefficient (Wildman–Crippen LogP) is 4.52. The van der Waals surface area contributed by atoms with Gasteiger partial charge in [0.15, 0.2) is 5.78 Å². The van der Waals surface area contributed by atoms with E-state index in [-0.39, 0.29) is 5.78 Å². The summed E-state index contributed by atoms with van der Waals surface area (Å²) in [6.07, 6.45) is 4.71. The summed E-state index contributed by atoms with van der Waals surface area (Å²) in [7, 11) is 0. The average molecular weight is 299 g/mol. The van der Waals surface area contributed by atoms with Crippen molar-refractivity contribution in [3.8, 4) is 11.3 Å². The van der Waals surface area contributed by atoms with Crippen LogP contribution in [0.5, 0.6) is 0 Å². The molecule has 0 saturated heterocycles. The van der Waals surface area contributed by atoms with E-state index >= 15 is 0 Å². The number of pyridine rings is 1. The first-order chi connectivity index (χ1) is 11.3. The normalized spacial score (nSPS) is 15.9. The molecule has 0 spiro atoms. The highest BCUT2D eigenvalue weighted by Gasteiger charge is 2.23. The van der Waals surface area contributed by atoms with Crippen LogP contribution >= 0.6 is 0 Å². The van der Waals surface area contributed by atoms with Crippen LogP contribution in [0, 0.1) is 0 Å². The molecule has 0 atom stereocenters. The highest BCUT2D eigenvalue weighted by Crippen LogP contribution is 2.36. The van der Waals surface area contributed by atoms with Crippen LogP contribution in [0.4, 0.5) is 0 Å². The third-order valence-electron chi connectivity index (χ3n) is 5.22. The van der Waals surface area contributed by atoms with Crippen molar-refractivity contribution in [1.29, 1.82) is 0 Å². The fourth-order valence-corrected chi connectivity index (χ4v) is 4.07. The summed E-state index contributed by atoms with van der Waals surface area (Å²) < 4.78 is 0. The monoisotopic (exact) mass is 299 g/mol. The van der Waals surface area contributed by atoms with Crippen molar-refractivity contribution < 1.29 is 4.79 Å². The van der Waals surface area contributed by atoms with Gasteiger partial charge in [-0.05, 0) is 48.4 Å². The molecule has 0 N–H and O–H groups in total. The molecule has 0 saturated carbocycles. The zero-order chi connectivity index (χ0) is 15.4. The summed E-state index contributed by atoms with van der Waals surface area (Å²) in [6.45, 7) is 0. The van der Waals surface area contributed by atoms with Crippen molar-refractivity contribution in [3.63, 3.8) is 0 Å². The van der Waals surface area contributed by atoms with E-state index in [4.69, 9.17) is 4.98 Å². The lowest BCUT2D eigenvalue weighted by Gasteiger charge is -2.22. The second-order valence-corrected chi connectivity index (χ2v) is 6.60. The smallest absolute Gasteiger partial charge is 0.165 e. The van der Waals surface area contributed by atoms with Crippen LogP contribution in [0.2, 0.25) is 0 Å². The second kappa shape index (κ2) is 4.76. The van der Waals surface area contributed by atoms with E-state index in [9.17, 15) is 4.79 Å². The summed E-state index contributed by atoms with van der Waals surface area (Å²) in [5, 5.41) is 1.11. The van der Waals surface area contributed by atoms with E-state index < -0.39 is 0 Å². The molecule has 112 valence electrons. The van der Waals surface area contributed by atoms with Crippen LogP contribution in [0.25, 0.3) is 22.2 Å². The Labute approximate surface area is 135 Å². The Hall–Kier alpha value is -2.48. The van der Waals surface area contributed by atoms with Gasteiger partial charge in [-0.15, -0.1) is 0 Å². The molecule has 0 unspecified atom stereocenters. The minimum absolute atomic E-state index is 0.258. The van der Waals surface area contributed by atoms with Gasteiger partial charge in [0.25, 0.3) is 0 Å². The van der Waals surface area contributed by atoms with E-state index in [1.807, 2.05) is 0 Å². The minimum atomic E-state index is 0.258. The lowest BCUT2D eigenvalue weighted by Crippen LogP contribution is -2.13. The molecule has 2 heteroatoms. The molecule has 5 rings (SSSR count). The first-order valence-corrected chi connectivity index (χ1v) is 8.38. The molecule has 1 heterocycles. The summed E-state index contributed by atoms with van der Waals surface area (Å²) in [5.74, 6) is 0.258. The third kappa shape index (κ3) is 1.88. The molecule has 0 bridgehead atoms. The lowest BCUT2D eigenvalue weighted by molar-refractivity contribution is 0.0974. The minimum Gasteiger partial charge on any atom is -0.294 e. The topological polar surface area (TPSA) is 30.0 Å². The summed E-state index contributed by atoms with van der Waals surface area (Å²) in [4.78, 5) is 17.5. The maximum absolute atomic E-state index is 12.5. The molecule has 0 fully saturated rings. The fraction of sp³-hybridized carbons (Fsp3) is 0.238. The standard InChI is InChI=1S/C21H17NO/c23-18-7-3-5-14-9-11-16-12-15-10-8-13-4-1-2-6-17(13)20(15)22-21(16)19(14)18/h1-2,4,6,9,11-12H,3,5,7-8,10H2. The largest absolute Gasteiger partial charge is 0.294 e. The summed E-state index contributed by atoms with van der Waals surface area (Å²) >= 11 is 0. The lowest BCUT2D eigenvalue weighted by atomic mass is 9.85. The van der Waals surface area contributed by atoms with E-state index in [1.54, 1.807) is 0 Å². The number of carbonyl (C=O) groups excluding carboxylic acids is 1. The number of hydrogen-bond acceptors (Lipinski definition) is 2. The van der Waals surface area contributed by atoms with Gasteiger partial charge in [-0.2, -0.15) is 0 Å². The van der Waals surface area contributed by atoms with Crippen molar-refractivity contribution in [2.75, 3.05) is 0 Å². The maximum Gasteiger partial charge on any atom is 0.165 e. The van der Waals surface area contributed by atoms with E-state index in [1.165, 1.54) is 22.3 Å². The number of rotatable bonds is 0. The number of ketones is 1. The van der Waals surface area contributed by atoms with Crippen molar-refractivity contribution in [2.45, 2.75) is 32.1 Å². The van der Waals surface area contributed by atoms with Gasteiger partial charge in [-0.25, -0.2) is 4.98 Å². The fourth-order valence-electron chi connectivity index (χ4n) is 4.07. The number of aromatic nitrogens is 1. The SMILES string of the molecule is O=C1CCCc2ccc3cc4c(nc3c21)-c1ccccc1CC4. The molecule has 23 heavy (non-hydrogen) atoms. The van der Waals surface area contributed by atoms with Crippen LogP contribution in [0.15, 0.2) is 42.5 Å². The van der Waals surface area contributed by atoms with Crippen LogP contribution < -0.4 is 0 Å². The van der Waals surface area contributed by atoms with Crippen molar-refractivity contribution in [3.05, 3.63) is 64.7 Å². The molecule has 2 aliphatic rings. The molecule has 0 amide bonds. The highest BCUT2D eigenvalue weighted by molar-refractivity contribution is 6.09. The number of fused-ring (bicyclic) bond motifs is 6. The third-order valence-corrected chi connectivity index (χ3v) is 5.22. The Morgan fingerprint density at radius 3 is 2.65 bits per heavy atom. The van der Waals surface area contributed by atoms with Crippen molar-refractivity contribution >= 4 is 16.7 Å². The summed E-state index contributed by atoms with van der Waals surface area (Å²) in [6, 6.07) is 15.0. The Balaban J connectivity index is 1.85. The molecule has 2 nitrogen and oxygen atoms in total. The molecule has 3 aromatic rings. The second-order valence-electron chi connectivity index (χ2n) is 6.60. The maximum atomic E-state index is 12.5. The number of Topliss-reactive ketones (excluding diaryl/α,β-unsaturated/α-hetero) is 1.